The summed E-state index contributed by atoms with van der Waals surface area (Å²) in [6.45, 7) is 0. The van der Waals surface area contributed by atoms with E-state index in [-0.39, 0.29) is 0 Å². The summed E-state index contributed by atoms with van der Waals surface area (Å²) in [4.78, 5) is 12.6. The van der Waals surface area contributed by atoms with Gasteiger partial charge in [0.2, 0.25) is 0 Å². The molecular formula is C7H7F3N2O2. The fourth-order valence-corrected chi connectivity index (χ4v) is 0.918. The van der Waals surface area contributed by atoms with E-state index in [0.29, 0.717) is 6.07 Å². The Kier molecular flexibility index (Phi) is 2.52. The van der Waals surface area contributed by atoms with Gasteiger partial charge in [-0.2, -0.15) is 13.2 Å². The lowest BCUT2D eigenvalue weighted by Gasteiger charge is -2.15. The maximum atomic E-state index is 12.1. The average Bonchev–Trinajstić information content (AvgIpc) is 1.99. The van der Waals surface area contributed by atoms with Gasteiger partial charge in [0, 0.05) is 12.1 Å². The quantitative estimate of drug-likeness (QED) is 0.633. The summed E-state index contributed by atoms with van der Waals surface area (Å²) in [5, 5.41) is 8.83. The number of aromatic amines is 1. The van der Waals surface area contributed by atoms with Crippen molar-refractivity contribution >= 4 is 0 Å². The van der Waals surface area contributed by atoms with Crippen molar-refractivity contribution in [2.45, 2.75) is 12.2 Å². The van der Waals surface area contributed by atoms with Gasteiger partial charge in [0.15, 0.2) is 5.88 Å². The number of hydrogen-bond acceptors (Lipinski definition) is 3. The van der Waals surface area contributed by atoms with Gasteiger partial charge < -0.3 is 10.8 Å². The summed E-state index contributed by atoms with van der Waals surface area (Å²) in [5.74, 6) is -0.646. The second kappa shape index (κ2) is 3.33. The summed E-state index contributed by atoms with van der Waals surface area (Å²) < 4.78 is 36.2. The number of nitrogens with one attached hydrogen (secondary N) is 1. The highest BCUT2D eigenvalue weighted by molar-refractivity contribution is 5.23. The van der Waals surface area contributed by atoms with Gasteiger partial charge in [-0.15, -0.1) is 0 Å². The minimum absolute atomic E-state index is 0.473. The topological polar surface area (TPSA) is 79.1 Å². The molecular weight excluding hydrogens is 201 g/mol. The van der Waals surface area contributed by atoms with Gasteiger partial charge in [0.1, 0.15) is 6.04 Å². The van der Waals surface area contributed by atoms with Gasteiger partial charge in [0.05, 0.1) is 0 Å². The predicted octanol–water partition coefficient (Wildman–Crippen LogP) is 0.643. The molecule has 0 aromatic carbocycles. The number of pyridine rings is 1. The van der Waals surface area contributed by atoms with E-state index in [9.17, 15) is 18.0 Å². The molecule has 7 heteroatoms. The van der Waals surface area contributed by atoms with Crippen LogP contribution >= 0.6 is 0 Å². The molecule has 1 aromatic rings. The van der Waals surface area contributed by atoms with Crippen molar-refractivity contribution in [3.63, 3.8) is 0 Å². The zero-order chi connectivity index (χ0) is 10.9. The average molecular weight is 208 g/mol. The molecule has 1 aromatic heterocycles. The Morgan fingerprint density at radius 2 is 2.00 bits per heavy atom. The van der Waals surface area contributed by atoms with Gasteiger partial charge in [-0.1, -0.05) is 0 Å². The number of alkyl halides is 3. The molecule has 4 N–H and O–H groups in total. The van der Waals surface area contributed by atoms with Crippen molar-refractivity contribution in [3.05, 3.63) is 28.0 Å². The van der Waals surface area contributed by atoms with Crippen molar-refractivity contribution in [2.24, 2.45) is 5.73 Å². The van der Waals surface area contributed by atoms with Crippen LogP contribution in [0, 0.1) is 0 Å². The van der Waals surface area contributed by atoms with Crippen molar-refractivity contribution in [1.29, 1.82) is 0 Å². The highest BCUT2D eigenvalue weighted by Gasteiger charge is 2.38. The molecule has 0 radical (unpaired) electrons. The number of nitrogens with two attached hydrogens (primary N) is 1. The van der Waals surface area contributed by atoms with E-state index in [4.69, 9.17) is 10.8 Å². The molecule has 78 valence electrons. The summed E-state index contributed by atoms with van der Waals surface area (Å²) in [6, 6.07) is -0.812. The fraction of sp³-hybridized carbons (Fsp3) is 0.286. The Hall–Kier alpha value is -1.50. The van der Waals surface area contributed by atoms with E-state index in [1.807, 2.05) is 4.98 Å². The van der Waals surface area contributed by atoms with E-state index in [2.05, 4.69) is 0 Å². The fourth-order valence-electron chi connectivity index (χ4n) is 0.918. The molecule has 0 fully saturated rings. The summed E-state index contributed by atoms with van der Waals surface area (Å²) in [5.41, 5.74) is 3.51. The molecule has 1 unspecified atom stereocenters. The highest BCUT2D eigenvalue weighted by Crippen LogP contribution is 2.30. The maximum Gasteiger partial charge on any atom is 0.407 e. The van der Waals surface area contributed by atoms with Gasteiger partial charge >= 0.3 is 6.18 Å². The third kappa shape index (κ3) is 2.25. The molecule has 0 amide bonds. The number of halogens is 3. The Labute approximate surface area is 76.2 Å². The Bertz CT molecular complexity index is 385. The number of aromatic nitrogens is 1. The molecule has 0 spiro atoms. The Morgan fingerprint density at radius 1 is 1.43 bits per heavy atom. The van der Waals surface area contributed by atoms with Crippen LogP contribution in [0.4, 0.5) is 13.2 Å². The number of rotatable bonds is 1. The SMILES string of the molecule is NC(c1cc(O)[nH]c(=O)c1)C(F)(F)F. The van der Waals surface area contributed by atoms with Crippen molar-refractivity contribution in [3.8, 4) is 5.88 Å². The summed E-state index contributed by atoms with van der Waals surface area (Å²) in [6.07, 6.45) is -4.64. The zero-order valence-electron chi connectivity index (χ0n) is 6.80. The van der Waals surface area contributed by atoms with E-state index in [1.54, 1.807) is 0 Å². The summed E-state index contributed by atoms with van der Waals surface area (Å²) >= 11 is 0. The first-order valence-corrected chi connectivity index (χ1v) is 3.56. The number of aromatic hydroxyl groups is 1. The molecule has 1 atom stereocenters. The maximum absolute atomic E-state index is 12.1. The van der Waals surface area contributed by atoms with Gasteiger partial charge in [-0.05, 0) is 5.56 Å². The van der Waals surface area contributed by atoms with E-state index in [0.717, 1.165) is 6.07 Å². The van der Waals surface area contributed by atoms with Crippen molar-refractivity contribution < 1.29 is 18.3 Å². The molecule has 0 saturated carbocycles. The minimum atomic E-state index is -4.64. The molecule has 0 saturated heterocycles. The second-order valence-corrected chi connectivity index (χ2v) is 2.68. The lowest BCUT2D eigenvalue weighted by Crippen LogP contribution is -2.29. The zero-order valence-corrected chi connectivity index (χ0v) is 6.80. The summed E-state index contributed by atoms with van der Waals surface area (Å²) in [7, 11) is 0. The van der Waals surface area contributed by atoms with E-state index < -0.39 is 29.2 Å². The first-order chi connectivity index (χ1) is 6.30. The van der Waals surface area contributed by atoms with Crippen LogP contribution < -0.4 is 11.3 Å². The van der Waals surface area contributed by atoms with Crippen LogP contribution in [0.15, 0.2) is 16.9 Å². The first-order valence-electron chi connectivity index (χ1n) is 3.56. The lowest BCUT2D eigenvalue weighted by atomic mass is 10.1. The van der Waals surface area contributed by atoms with Crippen LogP contribution in [0.25, 0.3) is 0 Å². The Morgan fingerprint density at radius 3 is 2.43 bits per heavy atom. The molecule has 14 heavy (non-hydrogen) atoms. The van der Waals surface area contributed by atoms with E-state index >= 15 is 0 Å². The Balaban J connectivity index is 3.14. The normalized spacial score (nSPS) is 14.0. The third-order valence-electron chi connectivity index (χ3n) is 1.56. The van der Waals surface area contributed by atoms with Crippen LogP contribution in [0.3, 0.4) is 0 Å². The predicted molar refractivity (Wildman–Crippen MR) is 41.7 cm³/mol. The van der Waals surface area contributed by atoms with Gasteiger partial charge in [-0.25, -0.2) is 0 Å². The largest absolute Gasteiger partial charge is 0.495 e. The standard InChI is InChI=1S/C7H7F3N2O2/c8-7(9,10)6(11)3-1-4(13)12-5(14)2-3/h1-2,6H,11H2,(H2,12,13,14). The van der Waals surface area contributed by atoms with Crippen LogP contribution in [0.5, 0.6) is 5.88 Å². The molecule has 4 nitrogen and oxygen atoms in total. The van der Waals surface area contributed by atoms with Gasteiger partial charge in [-0.3, -0.25) is 9.78 Å². The minimum Gasteiger partial charge on any atom is -0.495 e. The smallest absolute Gasteiger partial charge is 0.407 e. The monoisotopic (exact) mass is 208 g/mol. The van der Waals surface area contributed by atoms with Gasteiger partial charge in [0.25, 0.3) is 5.56 Å². The molecule has 1 rings (SSSR count). The van der Waals surface area contributed by atoms with Crippen LogP contribution in [-0.2, 0) is 0 Å². The van der Waals surface area contributed by atoms with Crippen LogP contribution in [0.1, 0.15) is 11.6 Å². The second-order valence-electron chi connectivity index (χ2n) is 2.68. The van der Waals surface area contributed by atoms with Crippen molar-refractivity contribution in [1.82, 2.24) is 4.98 Å². The molecule has 0 aliphatic rings. The molecule has 1 heterocycles. The third-order valence-corrected chi connectivity index (χ3v) is 1.56. The van der Waals surface area contributed by atoms with Crippen molar-refractivity contribution in [2.75, 3.05) is 0 Å². The van der Waals surface area contributed by atoms with E-state index in [1.165, 1.54) is 0 Å². The van der Waals surface area contributed by atoms with Crippen LogP contribution in [0.2, 0.25) is 0 Å². The molecule has 0 aliphatic heterocycles. The van der Waals surface area contributed by atoms with Crippen LogP contribution in [-0.4, -0.2) is 16.3 Å². The lowest BCUT2D eigenvalue weighted by molar-refractivity contribution is -0.149. The number of hydrogen-bond donors (Lipinski definition) is 3. The number of H-pyrrole nitrogens is 1. The molecule has 0 aliphatic carbocycles. The first kappa shape index (κ1) is 10.6. The molecule has 0 bridgehead atoms. The highest BCUT2D eigenvalue weighted by atomic mass is 19.4.